The molecule has 27 heavy (non-hydrogen) atoms. The van der Waals surface area contributed by atoms with Crippen LogP contribution in [0.2, 0.25) is 0 Å². The van der Waals surface area contributed by atoms with Crippen molar-refractivity contribution in [2.45, 2.75) is 58.2 Å². The Morgan fingerprint density at radius 2 is 1.85 bits per heavy atom. The summed E-state index contributed by atoms with van der Waals surface area (Å²) in [6.07, 6.45) is 1.05. The molecule has 2 aromatic rings. The molecule has 2 atom stereocenters. The van der Waals surface area contributed by atoms with Crippen molar-refractivity contribution in [3.8, 4) is 0 Å². The molecule has 0 saturated carbocycles. The molecule has 5 nitrogen and oxygen atoms in total. The lowest BCUT2D eigenvalue weighted by Crippen LogP contribution is -2.48. The van der Waals surface area contributed by atoms with E-state index in [0.717, 1.165) is 17.4 Å². The van der Waals surface area contributed by atoms with Gasteiger partial charge in [0.2, 0.25) is 5.91 Å². The van der Waals surface area contributed by atoms with Crippen molar-refractivity contribution >= 4 is 22.8 Å². The van der Waals surface area contributed by atoms with Crippen LogP contribution in [-0.4, -0.2) is 35.1 Å². The van der Waals surface area contributed by atoms with Gasteiger partial charge >= 0.3 is 6.09 Å². The summed E-state index contributed by atoms with van der Waals surface area (Å²) in [7, 11) is 0. The quantitative estimate of drug-likeness (QED) is 0.873. The van der Waals surface area contributed by atoms with Gasteiger partial charge in [-0.05, 0) is 62.9 Å². The average Bonchev–Trinajstić information content (AvgIpc) is 3.10. The van der Waals surface area contributed by atoms with Gasteiger partial charge in [-0.25, -0.2) is 4.79 Å². The van der Waals surface area contributed by atoms with Crippen molar-refractivity contribution < 1.29 is 14.3 Å². The molecular formula is C22H28N2O3. The minimum atomic E-state index is -0.570. The number of nitrogens with zero attached hydrogens (tertiary/aromatic N) is 1. The maximum absolute atomic E-state index is 12.8. The Morgan fingerprint density at radius 3 is 2.56 bits per heavy atom. The second-order valence-corrected chi connectivity index (χ2v) is 8.17. The maximum atomic E-state index is 12.8. The van der Waals surface area contributed by atoms with Crippen LogP contribution in [-0.2, 0) is 9.53 Å². The standard InChI is InChI=1S/C22H28N2O3/c1-15(17-12-11-16-8-5-6-9-18(16)14-17)23-20(25)19-10-7-13-24(19)21(26)27-22(2,3)4/h5-6,8-9,11-12,14-15,19H,7,10,13H2,1-4H3,(H,23,25)/t15-,19+/m0/s1. The zero-order valence-electron chi connectivity index (χ0n) is 16.5. The topological polar surface area (TPSA) is 58.6 Å². The van der Waals surface area contributed by atoms with E-state index in [0.29, 0.717) is 13.0 Å². The van der Waals surface area contributed by atoms with Gasteiger partial charge < -0.3 is 10.1 Å². The summed E-state index contributed by atoms with van der Waals surface area (Å²) < 4.78 is 5.45. The van der Waals surface area contributed by atoms with E-state index in [1.54, 1.807) is 4.90 Å². The smallest absolute Gasteiger partial charge is 0.410 e. The lowest BCUT2D eigenvalue weighted by atomic mass is 10.0. The zero-order chi connectivity index (χ0) is 19.6. The third-order valence-electron chi connectivity index (χ3n) is 4.82. The number of rotatable bonds is 3. The monoisotopic (exact) mass is 368 g/mol. The Bertz CT molecular complexity index is 841. The normalized spacial score (nSPS) is 18.4. The second-order valence-electron chi connectivity index (χ2n) is 8.17. The molecule has 0 unspecified atom stereocenters. The molecule has 1 aliphatic rings. The summed E-state index contributed by atoms with van der Waals surface area (Å²) in [6, 6.07) is 13.7. The molecule has 1 saturated heterocycles. The fourth-order valence-electron chi connectivity index (χ4n) is 3.45. The highest BCUT2D eigenvalue weighted by Gasteiger charge is 2.37. The molecular weight excluding hydrogens is 340 g/mol. The van der Waals surface area contributed by atoms with Crippen LogP contribution >= 0.6 is 0 Å². The molecule has 3 rings (SSSR count). The number of hydrogen-bond acceptors (Lipinski definition) is 3. The Balaban J connectivity index is 1.68. The summed E-state index contributed by atoms with van der Waals surface area (Å²) >= 11 is 0. The van der Waals surface area contributed by atoms with Crippen LogP contribution < -0.4 is 5.32 Å². The first kappa shape index (κ1) is 19.2. The molecule has 1 fully saturated rings. The van der Waals surface area contributed by atoms with E-state index < -0.39 is 17.7 Å². The number of hydrogen-bond donors (Lipinski definition) is 1. The van der Waals surface area contributed by atoms with Gasteiger partial charge in [-0.15, -0.1) is 0 Å². The van der Waals surface area contributed by atoms with E-state index >= 15 is 0 Å². The number of amides is 2. The summed E-state index contributed by atoms with van der Waals surface area (Å²) in [4.78, 5) is 26.8. The molecule has 0 radical (unpaired) electrons. The fraction of sp³-hybridized carbons (Fsp3) is 0.455. The SMILES string of the molecule is C[C@H](NC(=O)[C@H]1CCCN1C(=O)OC(C)(C)C)c1ccc2ccccc2c1. The van der Waals surface area contributed by atoms with Gasteiger partial charge in [0, 0.05) is 6.54 Å². The Kier molecular flexibility index (Phi) is 5.40. The first-order valence-electron chi connectivity index (χ1n) is 9.53. The Hall–Kier alpha value is -2.56. The van der Waals surface area contributed by atoms with E-state index in [-0.39, 0.29) is 11.9 Å². The number of likely N-dealkylation sites (tertiary alicyclic amines) is 1. The maximum Gasteiger partial charge on any atom is 0.410 e. The molecule has 144 valence electrons. The lowest BCUT2D eigenvalue weighted by molar-refractivity contribution is -0.126. The minimum absolute atomic E-state index is 0.126. The van der Waals surface area contributed by atoms with Crippen molar-refractivity contribution in [2.75, 3.05) is 6.54 Å². The summed E-state index contributed by atoms with van der Waals surface area (Å²) in [5.74, 6) is -0.126. The van der Waals surface area contributed by atoms with Gasteiger partial charge in [0.1, 0.15) is 11.6 Å². The second kappa shape index (κ2) is 7.59. The predicted molar refractivity (Wildman–Crippen MR) is 106 cm³/mol. The summed E-state index contributed by atoms with van der Waals surface area (Å²) in [5, 5.41) is 5.38. The van der Waals surface area contributed by atoms with Crippen LogP contribution in [0.3, 0.4) is 0 Å². The number of benzene rings is 2. The van der Waals surface area contributed by atoms with Crippen molar-refractivity contribution in [3.05, 3.63) is 48.0 Å². The number of ether oxygens (including phenoxy) is 1. The van der Waals surface area contributed by atoms with Crippen LogP contribution in [0, 0.1) is 0 Å². The van der Waals surface area contributed by atoms with E-state index in [1.165, 1.54) is 5.39 Å². The lowest BCUT2D eigenvalue weighted by Gasteiger charge is -2.28. The number of carbonyl (C=O) groups is 2. The molecule has 0 aliphatic carbocycles. The first-order valence-corrected chi connectivity index (χ1v) is 9.53. The van der Waals surface area contributed by atoms with Crippen LogP contribution in [0.5, 0.6) is 0 Å². The number of nitrogens with one attached hydrogen (secondary N) is 1. The van der Waals surface area contributed by atoms with Gasteiger partial charge in [-0.3, -0.25) is 9.69 Å². The van der Waals surface area contributed by atoms with Gasteiger partial charge in [-0.1, -0.05) is 36.4 Å². The first-order chi connectivity index (χ1) is 12.7. The highest BCUT2D eigenvalue weighted by Crippen LogP contribution is 2.24. The molecule has 1 aliphatic heterocycles. The van der Waals surface area contributed by atoms with Crippen molar-refractivity contribution in [2.24, 2.45) is 0 Å². The summed E-state index contributed by atoms with van der Waals surface area (Å²) in [5.41, 5.74) is 0.475. The third kappa shape index (κ3) is 4.59. The van der Waals surface area contributed by atoms with Crippen molar-refractivity contribution in [1.82, 2.24) is 10.2 Å². The Morgan fingerprint density at radius 1 is 1.15 bits per heavy atom. The van der Waals surface area contributed by atoms with Gasteiger partial charge in [0.05, 0.1) is 6.04 Å². The van der Waals surface area contributed by atoms with Crippen LogP contribution in [0.25, 0.3) is 10.8 Å². The Labute approximate surface area is 160 Å². The van der Waals surface area contributed by atoms with Crippen LogP contribution in [0.4, 0.5) is 4.79 Å². The van der Waals surface area contributed by atoms with Gasteiger partial charge in [-0.2, -0.15) is 0 Å². The molecule has 2 amide bonds. The van der Waals surface area contributed by atoms with Crippen LogP contribution in [0.15, 0.2) is 42.5 Å². The van der Waals surface area contributed by atoms with E-state index in [4.69, 9.17) is 4.74 Å². The molecule has 1 heterocycles. The fourth-order valence-corrected chi connectivity index (χ4v) is 3.45. The van der Waals surface area contributed by atoms with E-state index in [9.17, 15) is 9.59 Å². The van der Waals surface area contributed by atoms with Crippen molar-refractivity contribution in [3.63, 3.8) is 0 Å². The van der Waals surface area contributed by atoms with Crippen LogP contribution in [0.1, 0.15) is 52.1 Å². The van der Waals surface area contributed by atoms with E-state index in [2.05, 4.69) is 29.6 Å². The molecule has 2 aromatic carbocycles. The largest absolute Gasteiger partial charge is 0.444 e. The minimum Gasteiger partial charge on any atom is -0.444 e. The van der Waals surface area contributed by atoms with Gasteiger partial charge in [0.25, 0.3) is 0 Å². The molecule has 0 spiro atoms. The number of carbonyl (C=O) groups excluding carboxylic acids is 2. The van der Waals surface area contributed by atoms with E-state index in [1.807, 2.05) is 45.9 Å². The highest BCUT2D eigenvalue weighted by atomic mass is 16.6. The molecule has 1 N–H and O–H groups in total. The average molecular weight is 368 g/mol. The summed E-state index contributed by atoms with van der Waals surface area (Å²) in [6.45, 7) is 8.01. The number of fused-ring (bicyclic) bond motifs is 1. The third-order valence-corrected chi connectivity index (χ3v) is 4.82. The molecule has 5 heteroatoms. The highest BCUT2D eigenvalue weighted by molar-refractivity contribution is 5.87. The predicted octanol–water partition coefficient (Wildman–Crippen LogP) is 4.42. The molecule has 0 aromatic heterocycles. The zero-order valence-corrected chi connectivity index (χ0v) is 16.5. The molecule has 0 bridgehead atoms. The van der Waals surface area contributed by atoms with Crippen molar-refractivity contribution in [1.29, 1.82) is 0 Å². The van der Waals surface area contributed by atoms with Gasteiger partial charge in [0.15, 0.2) is 0 Å².